The molecule has 1 aliphatic heterocycles. The van der Waals surface area contributed by atoms with E-state index in [0.717, 1.165) is 0 Å². The van der Waals surface area contributed by atoms with Crippen LogP contribution in [0, 0.1) is 0 Å². The third-order valence-electron chi connectivity index (χ3n) is 3.76. The smallest absolute Gasteiger partial charge is 0.347 e. The van der Waals surface area contributed by atoms with Gasteiger partial charge in [-0.25, -0.2) is 9.59 Å². The molecule has 0 radical (unpaired) electrons. The number of hydrogen-bond acceptors (Lipinski definition) is 6. The van der Waals surface area contributed by atoms with Crippen LogP contribution < -0.4 is 0 Å². The molecule has 0 spiro atoms. The van der Waals surface area contributed by atoms with Gasteiger partial charge < -0.3 is 9.47 Å². The number of carbonyl (C=O) groups excluding carboxylic acids is 4. The van der Waals surface area contributed by atoms with E-state index in [1.54, 1.807) is 30.3 Å². The first kappa shape index (κ1) is 16.6. The van der Waals surface area contributed by atoms with E-state index in [4.69, 9.17) is 9.47 Å². The number of ether oxygens (including phenoxy) is 2. The van der Waals surface area contributed by atoms with Crippen molar-refractivity contribution >= 4 is 23.5 Å². The van der Waals surface area contributed by atoms with Gasteiger partial charge in [-0.3, -0.25) is 9.59 Å². The standard InChI is InChI=1S/C19H14O6/c20-16(12-4-2-1-3-5-12)17(21)13-6-8-14(9-7-13)18(22)25-15-10-11-24-19(15)23/h1-9,15H,10-11H2/t15-/m0/s1. The van der Waals surface area contributed by atoms with Crippen LogP contribution in [-0.2, 0) is 14.3 Å². The zero-order valence-corrected chi connectivity index (χ0v) is 13.1. The van der Waals surface area contributed by atoms with Crippen molar-refractivity contribution in [2.24, 2.45) is 0 Å². The van der Waals surface area contributed by atoms with E-state index in [2.05, 4.69) is 0 Å². The minimum Gasteiger partial charge on any atom is -0.463 e. The first-order chi connectivity index (χ1) is 12.1. The second kappa shape index (κ2) is 7.09. The second-order valence-corrected chi connectivity index (χ2v) is 5.45. The molecule has 0 bridgehead atoms. The summed E-state index contributed by atoms with van der Waals surface area (Å²) in [6.45, 7) is 0.228. The Morgan fingerprint density at radius 3 is 1.96 bits per heavy atom. The molecule has 1 saturated heterocycles. The van der Waals surface area contributed by atoms with E-state index < -0.39 is 29.6 Å². The molecule has 1 aliphatic rings. The van der Waals surface area contributed by atoms with Gasteiger partial charge >= 0.3 is 11.9 Å². The van der Waals surface area contributed by atoms with E-state index >= 15 is 0 Å². The highest BCUT2D eigenvalue weighted by Gasteiger charge is 2.30. The van der Waals surface area contributed by atoms with Crippen molar-refractivity contribution in [2.45, 2.75) is 12.5 Å². The van der Waals surface area contributed by atoms with Gasteiger partial charge in [-0.05, 0) is 12.1 Å². The number of benzene rings is 2. The van der Waals surface area contributed by atoms with Gasteiger partial charge in [0.05, 0.1) is 12.2 Å². The van der Waals surface area contributed by atoms with Crippen LogP contribution >= 0.6 is 0 Å². The molecular formula is C19H14O6. The topological polar surface area (TPSA) is 86.7 Å². The number of esters is 2. The minimum atomic E-state index is -0.895. The van der Waals surface area contributed by atoms with Crippen molar-refractivity contribution in [3.05, 3.63) is 71.3 Å². The lowest BCUT2D eigenvalue weighted by molar-refractivity contribution is -0.145. The molecule has 2 aromatic rings. The summed E-state index contributed by atoms with van der Waals surface area (Å²) < 4.78 is 9.78. The van der Waals surface area contributed by atoms with Crippen LogP contribution in [0.4, 0.5) is 0 Å². The summed E-state index contributed by atoms with van der Waals surface area (Å²) >= 11 is 0. The Kier molecular flexibility index (Phi) is 4.70. The molecule has 0 aliphatic carbocycles. The zero-order chi connectivity index (χ0) is 17.8. The predicted octanol–water partition coefficient (Wildman–Crippen LogP) is 2.22. The molecule has 6 nitrogen and oxygen atoms in total. The molecule has 0 amide bonds. The Balaban J connectivity index is 1.69. The molecule has 1 fully saturated rings. The van der Waals surface area contributed by atoms with Crippen molar-refractivity contribution in [2.75, 3.05) is 6.61 Å². The molecule has 0 saturated carbocycles. The summed E-state index contributed by atoms with van der Waals surface area (Å²) in [6.07, 6.45) is -0.569. The summed E-state index contributed by atoms with van der Waals surface area (Å²) in [4.78, 5) is 47.7. The van der Waals surface area contributed by atoms with Crippen LogP contribution in [0.3, 0.4) is 0 Å². The molecule has 3 rings (SSSR count). The lowest BCUT2D eigenvalue weighted by Gasteiger charge is -2.08. The van der Waals surface area contributed by atoms with Crippen LogP contribution in [-0.4, -0.2) is 36.2 Å². The SMILES string of the molecule is O=C(O[C@H]1CCOC1=O)c1ccc(C(=O)C(=O)c2ccccc2)cc1. The summed E-state index contributed by atoms with van der Waals surface area (Å²) in [5.41, 5.74) is 0.657. The highest BCUT2D eigenvalue weighted by molar-refractivity contribution is 6.49. The molecule has 6 heteroatoms. The number of carbonyl (C=O) groups is 4. The summed E-state index contributed by atoms with van der Waals surface area (Å²) in [6, 6.07) is 13.8. The molecular weight excluding hydrogens is 324 g/mol. The quantitative estimate of drug-likeness (QED) is 0.472. The highest BCUT2D eigenvalue weighted by Crippen LogP contribution is 2.15. The Hall–Kier alpha value is -3.28. The molecule has 1 atom stereocenters. The molecule has 1 heterocycles. The first-order valence-electron chi connectivity index (χ1n) is 7.68. The van der Waals surface area contributed by atoms with Crippen LogP contribution in [0.1, 0.15) is 37.5 Å². The van der Waals surface area contributed by atoms with Crippen LogP contribution in [0.2, 0.25) is 0 Å². The Bertz CT molecular complexity index is 823. The van der Waals surface area contributed by atoms with Crippen LogP contribution in [0.5, 0.6) is 0 Å². The van der Waals surface area contributed by atoms with Gasteiger partial charge in [0.2, 0.25) is 17.7 Å². The maximum absolute atomic E-state index is 12.2. The Morgan fingerprint density at radius 1 is 0.840 bits per heavy atom. The van der Waals surface area contributed by atoms with Gasteiger partial charge in [0.25, 0.3) is 0 Å². The van der Waals surface area contributed by atoms with Gasteiger partial charge in [0.1, 0.15) is 0 Å². The Labute approximate surface area is 143 Å². The number of cyclic esters (lactones) is 1. The van der Waals surface area contributed by atoms with Crippen molar-refractivity contribution < 1.29 is 28.7 Å². The third kappa shape index (κ3) is 3.63. The fourth-order valence-corrected chi connectivity index (χ4v) is 2.39. The van der Waals surface area contributed by atoms with Crippen molar-refractivity contribution in [1.82, 2.24) is 0 Å². The van der Waals surface area contributed by atoms with E-state index in [9.17, 15) is 19.2 Å². The molecule has 0 aromatic heterocycles. The van der Waals surface area contributed by atoms with Crippen molar-refractivity contribution in [1.29, 1.82) is 0 Å². The van der Waals surface area contributed by atoms with Crippen molar-refractivity contribution in [3.8, 4) is 0 Å². The Morgan fingerprint density at radius 2 is 1.40 bits per heavy atom. The lowest BCUT2D eigenvalue weighted by atomic mass is 10.0. The first-order valence-corrected chi connectivity index (χ1v) is 7.68. The maximum atomic E-state index is 12.2. The summed E-state index contributed by atoms with van der Waals surface area (Å²) in [5, 5.41) is 0. The number of Topliss-reactive ketones (excluding diaryl/α,β-unsaturated/α-hetero) is 2. The number of ketones is 2. The van der Waals surface area contributed by atoms with Crippen molar-refractivity contribution in [3.63, 3.8) is 0 Å². The predicted molar refractivity (Wildman–Crippen MR) is 86.3 cm³/mol. The lowest BCUT2D eigenvalue weighted by Crippen LogP contribution is -2.22. The summed E-state index contributed by atoms with van der Waals surface area (Å²) in [7, 11) is 0. The fourth-order valence-electron chi connectivity index (χ4n) is 2.39. The van der Waals surface area contributed by atoms with E-state index in [1.165, 1.54) is 24.3 Å². The van der Waals surface area contributed by atoms with Gasteiger partial charge in [0, 0.05) is 17.5 Å². The van der Waals surface area contributed by atoms with Gasteiger partial charge in [-0.1, -0.05) is 42.5 Å². The van der Waals surface area contributed by atoms with Gasteiger partial charge in [-0.15, -0.1) is 0 Å². The van der Waals surface area contributed by atoms with E-state index in [-0.39, 0.29) is 17.7 Å². The molecule has 25 heavy (non-hydrogen) atoms. The number of hydrogen-bond donors (Lipinski definition) is 0. The minimum absolute atomic E-state index is 0.172. The highest BCUT2D eigenvalue weighted by atomic mass is 16.6. The zero-order valence-electron chi connectivity index (χ0n) is 13.1. The van der Waals surface area contributed by atoms with Gasteiger partial charge in [0.15, 0.2) is 0 Å². The van der Waals surface area contributed by atoms with E-state index in [0.29, 0.717) is 12.0 Å². The normalized spacial score (nSPS) is 16.2. The van der Waals surface area contributed by atoms with Crippen LogP contribution in [0.25, 0.3) is 0 Å². The summed E-state index contributed by atoms with van der Waals surface area (Å²) in [5.74, 6) is -2.53. The molecule has 0 N–H and O–H groups in total. The fraction of sp³-hybridized carbons (Fsp3) is 0.158. The van der Waals surface area contributed by atoms with E-state index in [1.807, 2.05) is 0 Å². The van der Waals surface area contributed by atoms with Crippen LogP contribution in [0.15, 0.2) is 54.6 Å². The largest absolute Gasteiger partial charge is 0.463 e. The number of rotatable bonds is 5. The average Bonchev–Trinajstić information content (AvgIpc) is 3.06. The molecule has 0 unspecified atom stereocenters. The molecule has 126 valence electrons. The maximum Gasteiger partial charge on any atom is 0.347 e. The van der Waals surface area contributed by atoms with Gasteiger partial charge in [-0.2, -0.15) is 0 Å². The average molecular weight is 338 g/mol. The molecule has 2 aromatic carbocycles. The third-order valence-corrected chi connectivity index (χ3v) is 3.76. The second-order valence-electron chi connectivity index (χ2n) is 5.45. The monoisotopic (exact) mass is 338 g/mol.